The van der Waals surface area contributed by atoms with Gasteiger partial charge in [-0.3, -0.25) is 4.79 Å². The first-order valence-electron chi connectivity index (χ1n) is 12.4. The maximum atomic E-state index is 13.7. The molecule has 15 heteroatoms. The smallest absolute Gasteiger partial charge is 0.239 e. The van der Waals surface area contributed by atoms with Gasteiger partial charge in [-0.1, -0.05) is 0 Å². The first-order chi connectivity index (χ1) is 19.5. The molecular weight excluding hydrogens is 552 g/mol. The summed E-state index contributed by atoms with van der Waals surface area (Å²) >= 11 is 0. The minimum absolute atomic E-state index is 0.112. The number of aliphatic hydroxyl groups is 6. The van der Waals surface area contributed by atoms with Crippen molar-refractivity contribution in [3.05, 3.63) is 46.6 Å². The van der Waals surface area contributed by atoms with Gasteiger partial charge in [-0.15, -0.1) is 0 Å². The molecule has 0 amide bonds. The maximum absolute atomic E-state index is 13.7. The highest BCUT2D eigenvalue weighted by Gasteiger charge is 2.53. The molecule has 3 aromatic rings. The summed E-state index contributed by atoms with van der Waals surface area (Å²) in [5, 5.41) is 90.9. The Morgan fingerprint density at radius 2 is 1.66 bits per heavy atom. The van der Waals surface area contributed by atoms with Gasteiger partial charge in [0.05, 0.1) is 19.8 Å². The van der Waals surface area contributed by atoms with Gasteiger partial charge in [0.15, 0.2) is 18.2 Å². The van der Waals surface area contributed by atoms with Crippen LogP contribution in [0.25, 0.3) is 22.3 Å². The van der Waals surface area contributed by atoms with Crippen LogP contribution in [0.2, 0.25) is 0 Å². The second-order valence-corrected chi connectivity index (χ2v) is 9.79. The fourth-order valence-corrected chi connectivity index (χ4v) is 4.65. The Bertz CT molecular complexity index is 1460. The summed E-state index contributed by atoms with van der Waals surface area (Å²) < 4.78 is 28.1. The van der Waals surface area contributed by atoms with E-state index < -0.39 is 96.6 Å². The zero-order valence-corrected chi connectivity index (χ0v) is 21.1. The number of hydrogen-bond donors (Lipinski definition) is 9. The molecule has 2 aliphatic rings. The van der Waals surface area contributed by atoms with Gasteiger partial charge < -0.3 is 69.3 Å². The average molecular weight is 580 g/mol. The molecule has 0 radical (unpaired) electrons. The van der Waals surface area contributed by atoms with E-state index in [1.165, 1.54) is 24.3 Å². The van der Waals surface area contributed by atoms with Crippen molar-refractivity contribution in [1.29, 1.82) is 0 Å². The van der Waals surface area contributed by atoms with Crippen LogP contribution in [0.5, 0.6) is 23.0 Å². The quantitative estimate of drug-likeness (QED) is 0.150. The molecule has 3 heterocycles. The van der Waals surface area contributed by atoms with Crippen LogP contribution in [-0.4, -0.2) is 114 Å². The molecule has 0 aliphatic carbocycles. The minimum Gasteiger partial charge on any atom is -0.508 e. The van der Waals surface area contributed by atoms with Crippen LogP contribution >= 0.6 is 0 Å². The number of aromatic hydroxyl groups is 3. The number of hydrogen-bond acceptors (Lipinski definition) is 15. The van der Waals surface area contributed by atoms with Crippen molar-refractivity contribution in [2.24, 2.45) is 0 Å². The average Bonchev–Trinajstić information content (AvgIpc) is 3.22. The molecule has 2 saturated heterocycles. The highest BCUT2D eigenvalue weighted by molar-refractivity contribution is 5.88. The van der Waals surface area contributed by atoms with E-state index in [-0.39, 0.29) is 22.7 Å². The van der Waals surface area contributed by atoms with Crippen molar-refractivity contribution in [3.63, 3.8) is 0 Å². The highest BCUT2D eigenvalue weighted by Crippen LogP contribution is 2.38. The summed E-state index contributed by atoms with van der Waals surface area (Å²) in [7, 11) is 0. The number of phenolic OH excluding ortho intramolecular Hbond substituents is 3. The van der Waals surface area contributed by atoms with Crippen LogP contribution in [0.15, 0.2) is 45.6 Å². The molecule has 41 heavy (non-hydrogen) atoms. The number of aliphatic hydroxyl groups excluding tert-OH is 5. The summed E-state index contributed by atoms with van der Waals surface area (Å²) in [6.45, 7) is -2.23. The molecule has 0 saturated carbocycles. The Hall–Kier alpha value is -3.51. The molecule has 2 fully saturated rings. The topological polar surface area (TPSA) is 249 Å². The number of benzene rings is 2. The lowest BCUT2D eigenvalue weighted by molar-refractivity contribution is -0.319. The van der Waals surface area contributed by atoms with E-state index in [4.69, 9.17) is 23.4 Å². The van der Waals surface area contributed by atoms with Crippen LogP contribution in [0.4, 0.5) is 0 Å². The Morgan fingerprint density at radius 1 is 0.951 bits per heavy atom. The van der Waals surface area contributed by atoms with E-state index >= 15 is 0 Å². The van der Waals surface area contributed by atoms with Gasteiger partial charge in [-0.2, -0.15) is 0 Å². The normalized spacial score (nSPS) is 31.9. The third-order valence-corrected chi connectivity index (χ3v) is 6.98. The number of phenols is 3. The van der Waals surface area contributed by atoms with E-state index in [9.17, 15) is 50.8 Å². The SMILES string of the molecule is O=c1c(O[C@@H]2O[C@@H](CO)[C@H](O)[C@H](O)[C@@H]2O[C@@H]2OC[C@@](O)(CO)[C@@H]2O)c(-c2ccc(O)cc2)oc2cc(O)cc(O)c12. The zero-order valence-electron chi connectivity index (χ0n) is 21.1. The van der Waals surface area contributed by atoms with Gasteiger partial charge in [0.2, 0.25) is 17.5 Å². The molecule has 2 aromatic carbocycles. The molecule has 1 aromatic heterocycles. The van der Waals surface area contributed by atoms with Crippen molar-refractivity contribution in [2.45, 2.75) is 48.7 Å². The number of rotatable bonds is 7. The van der Waals surface area contributed by atoms with Crippen LogP contribution < -0.4 is 10.2 Å². The summed E-state index contributed by atoms with van der Waals surface area (Å²) in [4.78, 5) is 13.7. The van der Waals surface area contributed by atoms with Crippen molar-refractivity contribution >= 4 is 11.0 Å². The molecule has 0 bridgehead atoms. The van der Waals surface area contributed by atoms with Crippen molar-refractivity contribution in [3.8, 4) is 34.3 Å². The Balaban J connectivity index is 1.60. The van der Waals surface area contributed by atoms with Gasteiger partial charge in [0.1, 0.15) is 58.2 Å². The Morgan fingerprint density at radius 3 is 2.29 bits per heavy atom. The van der Waals surface area contributed by atoms with Crippen LogP contribution in [0.1, 0.15) is 0 Å². The van der Waals surface area contributed by atoms with E-state index in [0.717, 1.165) is 12.1 Å². The summed E-state index contributed by atoms with van der Waals surface area (Å²) in [5.74, 6) is -2.03. The lowest BCUT2D eigenvalue weighted by atomic mass is 9.98. The number of fused-ring (bicyclic) bond motifs is 1. The predicted octanol–water partition coefficient (Wildman–Crippen LogP) is -1.78. The van der Waals surface area contributed by atoms with Crippen molar-refractivity contribution in [2.75, 3.05) is 19.8 Å². The lowest BCUT2D eigenvalue weighted by Gasteiger charge is -2.42. The largest absolute Gasteiger partial charge is 0.508 e. The molecular formula is C26H28O15. The van der Waals surface area contributed by atoms with Gasteiger partial charge in [-0.25, -0.2) is 0 Å². The molecule has 8 atom stereocenters. The molecule has 5 rings (SSSR count). The fraction of sp³-hybridized carbons (Fsp3) is 0.423. The zero-order chi connectivity index (χ0) is 29.6. The summed E-state index contributed by atoms with van der Waals surface area (Å²) in [6, 6.07) is 7.30. The molecule has 0 spiro atoms. The van der Waals surface area contributed by atoms with Crippen molar-refractivity contribution < 1.29 is 69.3 Å². The Kier molecular flexibility index (Phi) is 7.82. The second-order valence-electron chi connectivity index (χ2n) is 9.79. The van der Waals surface area contributed by atoms with Crippen LogP contribution in [0.3, 0.4) is 0 Å². The molecule has 15 nitrogen and oxygen atoms in total. The molecule has 222 valence electrons. The monoisotopic (exact) mass is 580 g/mol. The minimum atomic E-state index is -2.09. The summed E-state index contributed by atoms with van der Waals surface area (Å²) in [5.41, 5.74) is -3.09. The molecule has 2 aliphatic heterocycles. The van der Waals surface area contributed by atoms with E-state index in [0.29, 0.717) is 0 Å². The van der Waals surface area contributed by atoms with E-state index in [2.05, 4.69) is 0 Å². The van der Waals surface area contributed by atoms with Gasteiger partial charge in [0, 0.05) is 17.7 Å². The van der Waals surface area contributed by atoms with Gasteiger partial charge >= 0.3 is 0 Å². The van der Waals surface area contributed by atoms with Gasteiger partial charge in [-0.05, 0) is 24.3 Å². The first kappa shape index (κ1) is 29.0. The first-order valence-corrected chi connectivity index (χ1v) is 12.4. The third kappa shape index (κ3) is 5.19. The molecule has 9 N–H and O–H groups in total. The maximum Gasteiger partial charge on any atom is 0.239 e. The summed E-state index contributed by atoms with van der Waals surface area (Å²) in [6.07, 6.45) is -12.0. The third-order valence-electron chi connectivity index (χ3n) is 6.98. The van der Waals surface area contributed by atoms with Crippen LogP contribution in [-0.2, 0) is 14.2 Å². The van der Waals surface area contributed by atoms with E-state index in [1.54, 1.807) is 0 Å². The predicted molar refractivity (Wildman–Crippen MR) is 134 cm³/mol. The molecule has 0 unspecified atom stereocenters. The second kappa shape index (κ2) is 11.1. The van der Waals surface area contributed by atoms with E-state index in [1.807, 2.05) is 0 Å². The Labute approximate surface area is 230 Å². The van der Waals surface area contributed by atoms with Gasteiger partial charge in [0.25, 0.3) is 0 Å². The fourth-order valence-electron chi connectivity index (χ4n) is 4.65. The van der Waals surface area contributed by atoms with Crippen LogP contribution in [0, 0.1) is 0 Å². The van der Waals surface area contributed by atoms with Crippen molar-refractivity contribution in [1.82, 2.24) is 0 Å². The highest BCUT2D eigenvalue weighted by atomic mass is 16.8. The standard InChI is InChI=1S/C26H28O15/c27-7-15-17(32)19(34)22(41-25-23(35)26(36,8-28)9-37-25)24(39-15)40-21-18(33)16-13(31)5-12(30)6-14(16)38-20(21)10-1-3-11(29)4-2-10/h1-6,15,17,19,22-25,27-32,34-36H,7-9H2/t15-,17-,19-,22-,23+,24-,25-,26-/m0/s1. The number of ether oxygens (including phenoxy) is 4. The lowest BCUT2D eigenvalue weighted by Crippen LogP contribution is -2.62.